The lowest BCUT2D eigenvalue weighted by Gasteiger charge is -2.34. The van der Waals surface area contributed by atoms with Gasteiger partial charge in [-0.05, 0) is 24.3 Å². The van der Waals surface area contributed by atoms with E-state index in [2.05, 4.69) is 0 Å². The molecule has 0 saturated heterocycles. The van der Waals surface area contributed by atoms with Crippen LogP contribution in [0.2, 0.25) is 0 Å². The zero-order valence-electron chi connectivity index (χ0n) is 8.42. The molecule has 3 nitrogen and oxygen atoms in total. The standard InChI is InChI=1S/C10H19NO2/c1-8(2)10(12,7-11)9-4-3-5-13-6-9/h6,8,12H,3-5,7,11H2,1-2H3. The third-order valence-electron chi connectivity index (χ3n) is 2.76. The molecule has 0 radical (unpaired) electrons. The summed E-state index contributed by atoms with van der Waals surface area (Å²) < 4.78 is 5.20. The molecule has 1 unspecified atom stereocenters. The summed E-state index contributed by atoms with van der Waals surface area (Å²) in [5.41, 5.74) is 5.66. The number of hydrogen-bond acceptors (Lipinski definition) is 3. The van der Waals surface area contributed by atoms with Crippen LogP contribution in [-0.2, 0) is 4.74 Å². The third-order valence-corrected chi connectivity index (χ3v) is 2.76. The number of ether oxygens (including phenoxy) is 1. The Morgan fingerprint density at radius 2 is 2.38 bits per heavy atom. The molecule has 0 aliphatic carbocycles. The van der Waals surface area contributed by atoms with E-state index in [1.54, 1.807) is 6.26 Å². The first-order valence-electron chi connectivity index (χ1n) is 4.85. The van der Waals surface area contributed by atoms with E-state index in [1.165, 1.54) is 0 Å². The molecule has 0 aromatic carbocycles. The van der Waals surface area contributed by atoms with Crippen LogP contribution in [0.5, 0.6) is 0 Å². The molecule has 1 atom stereocenters. The summed E-state index contributed by atoms with van der Waals surface area (Å²) in [5.74, 6) is 0.130. The molecule has 1 heterocycles. The first kappa shape index (κ1) is 10.5. The quantitative estimate of drug-likeness (QED) is 0.690. The van der Waals surface area contributed by atoms with Gasteiger partial charge in [-0.15, -0.1) is 0 Å². The van der Waals surface area contributed by atoms with E-state index in [4.69, 9.17) is 10.5 Å². The fraction of sp³-hybridized carbons (Fsp3) is 0.800. The Morgan fingerprint density at radius 3 is 2.77 bits per heavy atom. The van der Waals surface area contributed by atoms with Crippen molar-refractivity contribution in [3.8, 4) is 0 Å². The predicted molar refractivity (Wildman–Crippen MR) is 52.1 cm³/mol. The number of nitrogens with two attached hydrogens (primary N) is 1. The van der Waals surface area contributed by atoms with Crippen LogP contribution < -0.4 is 5.73 Å². The van der Waals surface area contributed by atoms with Crippen LogP contribution in [0.25, 0.3) is 0 Å². The van der Waals surface area contributed by atoms with Gasteiger partial charge in [-0.1, -0.05) is 13.8 Å². The first-order valence-corrected chi connectivity index (χ1v) is 4.85. The molecular weight excluding hydrogens is 166 g/mol. The SMILES string of the molecule is CC(C)C(O)(CN)C1=COCCC1. The maximum absolute atomic E-state index is 10.2. The van der Waals surface area contributed by atoms with Gasteiger partial charge < -0.3 is 15.6 Å². The monoisotopic (exact) mass is 185 g/mol. The molecule has 0 bridgehead atoms. The molecule has 0 amide bonds. The van der Waals surface area contributed by atoms with Gasteiger partial charge in [0.2, 0.25) is 0 Å². The molecule has 3 N–H and O–H groups in total. The summed E-state index contributed by atoms with van der Waals surface area (Å²) in [4.78, 5) is 0. The Bertz CT molecular complexity index is 201. The highest BCUT2D eigenvalue weighted by Gasteiger charge is 2.34. The van der Waals surface area contributed by atoms with Crippen molar-refractivity contribution in [3.63, 3.8) is 0 Å². The lowest BCUT2D eigenvalue weighted by molar-refractivity contribution is 0.0274. The van der Waals surface area contributed by atoms with Gasteiger partial charge in [-0.25, -0.2) is 0 Å². The first-order chi connectivity index (χ1) is 6.11. The second-order valence-corrected chi connectivity index (χ2v) is 3.90. The van der Waals surface area contributed by atoms with Crippen molar-refractivity contribution < 1.29 is 9.84 Å². The van der Waals surface area contributed by atoms with Gasteiger partial charge in [-0.3, -0.25) is 0 Å². The van der Waals surface area contributed by atoms with Gasteiger partial charge in [0.05, 0.1) is 12.9 Å². The van der Waals surface area contributed by atoms with Crippen LogP contribution in [0.4, 0.5) is 0 Å². The summed E-state index contributed by atoms with van der Waals surface area (Å²) in [5, 5.41) is 10.2. The molecule has 0 saturated carbocycles. The average Bonchev–Trinajstić information content (AvgIpc) is 2.17. The second-order valence-electron chi connectivity index (χ2n) is 3.90. The van der Waals surface area contributed by atoms with Gasteiger partial charge in [0, 0.05) is 6.54 Å². The molecule has 76 valence electrons. The summed E-state index contributed by atoms with van der Waals surface area (Å²) in [6.45, 7) is 4.96. The van der Waals surface area contributed by atoms with E-state index >= 15 is 0 Å². The van der Waals surface area contributed by atoms with Crippen LogP contribution >= 0.6 is 0 Å². The number of aliphatic hydroxyl groups is 1. The lowest BCUT2D eigenvalue weighted by atomic mass is 9.81. The van der Waals surface area contributed by atoms with Crippen LogP contribution in [0.15, 0.2) is 11.8 Å². The van der Waals surface area contributed by atoms with E-state index in [0.717, 1.165) is 25.0 Å². The number of hydrogen-bond donors (Lipinski definition) is 2. The highest BCUT2D eigenvalue weighted by molar-refractivity contribution is 5.18. The van der Waals surface area contributed by atoms with Gasteiger partial charge in [0.25, 0.3) is 0 Å². The van der Waals surface area contributed by atoms with E-state index in [0.29, 0.717) is 0 Å². The minimum Gasteiger partial charge on any atom is -0.501 e. The third kappa shape index (κ3) is 2.03. The highest BCUT2D eigenvalue weighted by Crippen LogP contribution is 2.30. The molecule has 0 aromatic heterocycles. The molecule has 0 fully saturated rings. The molecule has 0 spiro atoms. The van der Waals surface area contributed by atoms with Gasteiger partial charge in [0.15, 0.2) is 0 Å². The van der Waals surface area contributed by atoms with E-state index in [-0.39, 0.29) is 12.5 Å². The highest BCUT2D eigenvalue weighted by atomic mass is 16.5. The Kier molecular flexibility index (Phi) is 3.33. The Labute approximate surface area is 79.6 Å². The minimum absolute atomic E-state index is 0.130. The molecule has 1 aliphatic heterocycles. The van der Waals surface area contributed by atoms with Gasteiger partial charge in [0.1, 0.15) is 5.60 Å². The largest absolute Gasteiger partial charge is 0.501 e. The van der Waals surface area contributed by atoms with E-state index in [9.17, 15) is 5.11 Å². The minimum atomic E-state index is -0.875. The van der Waals surface area contributed by atoms with Crippen molar-refractivity contribution in [1.29, 1.82) is 0 Å². The van der Waals surface area contributed by atoms with Crippen LogP contribution in [-0.4, -0.2) is 23.9 Å². The zero-order valence-corrected chi connectivity index (χ0v) is 8.42. The van der Waals surface area contributed by atoms with Crippen LogP contribution in [0.3, 0.4) is 0 Å². The summed E-state index contributed by atoms with van der Waals surface area (Å²) in [7, 11) is 0. The molecule has 3 heteroatoms. The maximum atomic E-state index is 10.2. The Hall–Kier alpha value is -0.540. The van der Waals surface area contributed by atoms with Crippen molar-refractivity contribution in [2.24, 2.45) is 11.7 Å². The fourth-order valence-electron chi connectivity index (χ4n) is 1.62. The van der Waals surface area contributed by atoms with Crippen molar-refractivity contribution in [2.75, 3.05) is 13.2 Å². The molecule has 13 heavy (non-hydrogen) atoms. The smallest absolute Gasteiger partial charge is 0.103 e. The average molecular weight is 185 g/mol. The van der Waals surface area contributed by atoms with Crippen molar-refractivity contribution in [2.45, 2.75) is 32.3 Å². The fourth-order valence-corrected chi connectivity index (χ4v) is 1.62. The second kappa shape index (κ2) is 4.11. The van der Waals surface area contributed by atoms with E-state index < -0.39 is 5.60 Å². The van der Waals surface area contributed by atoms with Crippen molar-refractivity contribution in [1.82, 2.24) is 0 Å². The molecular formula is C10H19NO2. The van der Waals surface area contributed by atoms with Crippen LogP contribution in [0.1, 0.15) is 26.7 Å². The van der Waals surface area contributed by atoms with Crippen molar-refractivity contribution in [3.05, 3.63) is 11.8 Å². The summed E-state index contributed by atoms with van der Waals surface area (Å²) >= 11 is 0. The van der Waals surface area contributed by atoms with Gasteiger partial charge >= 0.3 is 0 Å². The van der Waals surface area contributed by atoms with Gasteiger partial charge in [-0.2, -0.15) is 0 Å². The molecule has 1 rings (SSSR count). The summed E-state index contributed by atoms with van der Waals surface area (Å²) in [6.07, 6.45) is 3.54. The maximum Gasteiger partial charge on any atom is 0.103 e. The normalized spacial score (nSPS) is 22.1. The predicted octanol–water partition coefficient (Wildman–Crippen LogP) is 1.03. The molecule has 1 aliphatic rings. The topological polar surface area (TPSA) is 55.5 Å². The van der Waals surface area contributed by atoms with Crippen molar-refractivity contribution >= 4 is 0 Å². The summed E-state index contributed by atoms with van der Waals surface area (Å²) in [6, 6.07) is 0. The Balaban J connectivity index is 2.80. The zero-order chi connectivity index (χ0) is 9.90. The lowest BCUT2D eigenvalue weighted by Crippen LogP contribution is -2.45. The van der Waals surface area contributed by atoms with Crippen LogP contribution in [0, 0.1) is 5.92 Å². The van der Waals surface area contributed by atoms with E-state index in [1.807, 2.05) is 13.8 Å². The Morgan fingerprint density at radius 1 is 1.69 bits per heavy atom. The number of rotatable bonds is 3. The molecule has 0 aromatic rings.